The maximum absolute atomic E-state index is 12.2. The summed E-state index contributed by atoms with van der Waals surface area (Å²) in [5.41, 5.74) is 0. The SMILES string of the molecule is CCCCCCCC/C=C\CCCCCCCC(=O)N(CCNCC(=O)O)OCC. The monoisotopic (exact) mass is 426 g/mol. The Bertz CT molecular complexity index is 441. The van der Waals surface area contributed by atoms with Gasteiger partial charge in [0.25, 0.3) is 0 Å². The van der Waals surface area contributed by atoms with Crippen molar-refractivity contribution >= 4 is 11.9 Å². The molecule has 6 heteroatoms. The fourth-order valence-electron chi connectivity index (χ4n) is 3.26. The molecule has 0 saturated carbocycles. The third-order valence-electron chi connectivity index (χ3n) is 4.98. The van der Waals surface area contributed by atoms with Crippen molar-refractivity contribution in [3.63, 3.8) is 0 Å². The first-order valence-electron chi connectivity index (χ1n) is 12.1. The zero-order chi connectivity index (χ0) is 22.3. The minimum absolute atomic E-state index is 0.0217. The number of rotatable bonds is 22. The van der Waals surface area contributed by atoms with Crippen molar-refractivity contribution in [3.8, 4) is 0 Å². The van der Waals surface area contributed by atoms with E-state index in [1.165, 1.54) is 62.9 Å². The van der Waals surface area contributed by atoms with Crippen LogP contribution >= 0.6 is 0 Å². The summed E-state index contributed by atoms with van der Waals surface area (Å²) in [6.45, 7) is 5.19. The van der Waals surface area contributed by atoms with Crippen LogP contribution in [0, 0.1) is 0 Å². The van der Waals surface area contributed by atoms with Crippen LogP contribution in [0.25, 0.3) is 0 Å². The Morgan fingerprint density at radius 2 is 1.43 bits per heavy atom. The molecule has 1 amide bonds. The van der Waals surface area contributed by atoms with Crippen molar-refractivity contribution in [2.45, 2.75) is 104 Å². The number of unbranched alkanes of at least 4 members (excludes halogenated alkanes) is 11. The van der Waals surface area contributed by atoms with Crippen molar-refractivity contribution in [2.24, 2.45) is 0 Å². The van der Waals surface area contributed by atoms with Gasteiger partial charge in [0, 0.05) is 13.0 Å². The number of carboxylic acids is 1. The summed E-state index contributed by atoms with van der Waals surface area (Å²) in [7, 11) is 0. The molecule has 2 N–H and O–H groups in total. The zero-order valence-corrected chi connectivity index (χ0v) is 19.5. The van der Waals surface area contributed by atoms with Gasteiger partial charge in [0.15, 0.2) is 0 Å². The van der Waals surface area contributed by atoms with Gasteiger partial charge in [0.05, 0.1) is 19.7 Å². The molecule has 0 heterocycles. The second-order valence-electron chi connectivity index (χ2n) is 7.82. The van der Waals surface area contributed by atoms with Gasteiger partial charge in [-0.15, -0.1) is 0 Å². The van der Waals surface area contributed by atoms with Gasteiger partial charge in [0.1, 0.15) is 0 Å². The van der Waals surface area contributed by atoms with Crippen LogP contribution in [0.5, 0.6) is 0 Å². The standard InChI is InChI=1S/C24H46N2O4/c1-3-5-6-7-8-9-10-11-12-13-14-15-16-17-18-19-23(27)26(30-4-2)21-20-25-22-24(28)29/h11-12,25H,3-10,13-22H2,1-2H3,(H,28,29)/b12-11-. The van der Waals surface area contributed by atoms with Crippen LogP contribution in [0.3, 0.4) is 0 Å². The number of hydrogen-bond acceptors (Lipinski definition) is 4. The summed E-state index contributed by atoms with van der Waals surface area (Å²) in [5, 5.41) is 12.8. The number of aliphatic carboxylic acids is 1. The molecule has 0 aromatic carbocycles. The van der Waals surface area contributed by atoms with E-state index < -0.39 is 5.97 Å². The van der Waals surface area contributed by atoms with Gasteiger partial charge in [-0.05, 0) is 39.0 Å². The van der Waals surface area contributed by atoms with Crippen molar-refractivity contribution in [2.75, 3.05) is 26.2 Å². The maximum Gasteiger partial charge on any atom is 0.317 e. The molecule has 0 aliphatic rings. The second-order valence-corrected chi connectivity index (χ2v) is 7.82. The topological polar surface area (TPSA) is 78.9 Å². The van der Waals surface area contributed by atoms with Crippen LogP contribution in [0.2, 0.25) is 0 Å². The zero-order valence-electron chi connectivity index (χ0n) is 19.5. The summed E-state index contributed by atoms with van der Waals surface area (Å²) in [4.78, 5) is 28.1. The summed E-state index contributed by atoms with van der Waals surface area (Å²) < 4.78 is 0. The Labute approximate surface area is 184 Å². The van der Waals surface area contributed by atoms with Crippen LogP contribution < -0.4 is 5.32 Å². The molecule has 0 saturated heterocycles. The number of nitrogens with one attached hydrogen (secondary N) is 1. The molecule has 30 heavy (non-hydrogen) atoms. The number of carbonyl (C=O) groups excluding carboxylic acids is 1. The number of carboxylic acid groups (broad SMARTS) is 1. The van der Waals surface area contributed by atoms with Crippen LogP contribution in [-0.2, 0) is 14.4 Å². The second kappa shape index (κ2) is 22.3. The van der Waals surface area contributed by atoms with E-state index in [0.717, 1.165) is 25.7 Å². The molecule has 0 radical (unpaired) electrons. The van der Waals surface area contributed by atoms with Gasteiger partial charge in [-0.25, -0.2) is 5.06 Å². The van der Waals surface area contributed by atoms with E-state index in [-0.39, 0.29) is 12.5 Å². The summed E-state index contributed by atoms with van der Waals surface area (Å²) in [6.07, 6.45) is 21.2. The first-order valence-corrected chi connectivity index (χ1v) is 12.1. The Balaban J connectivity index is 3.58. The molecule has 0 aromatic heterocycles. The minimum atomic E-state index is -0.905. The molecule has 0 aliphatic heterocycles. The van der Waals surface area contributed by atoms with Gasteiger partial charge in [-0.1, -0.05) is 70.4 Å². The number of amides is 1. The summed E-state index contributed by atoms with van der Waals surface area (Å²) in [5.74, 6) is -0.927. The van der Waals surface area contributed by atoms with E-state index in [1.54, 1.807) is 0 Å². The first-order chi connectivity index (χ1) is 14.6. The molecule has 0 atom stereocenters. The number of hydroxylamine groups is 2. The van der Waals surface area contributed by atoms with Gasteiger partial charge in [0.2, 0.25) is 5.91 Å². The number of carbonyl (C=O) groups is 2. The Hall–Kier alpha value is -1.40. The predicted molar refractivity (Wildman–Crippen MR) is 123 cm³/mol. The molecule has 0 spiro atoms. The smallest absolute Gasteiger partial charge is 0.317 e. The molecule has 0 fully saturated rings. The average Bonchev–Trinajstić information content (AvgIpc) is 2.72. The molecular formula is C24H46N2O4. The fraction of sp³-hybridized carbons (Fsp3) is 0.833. The number of nitrogens with zero attached hydrogens (tertiary/aromatic N) is 1. The van der Waals surface area contributed by atoms with Gasteiger partial charge < -0.3 is 10.4 Å². The van der Waals surface area contributed by atoms with E-state index in [0.29, 0.717) is 26.1 Å². The summed E-state index contributed by atoms with van der Waals surface area (Å²) in [6, 6.07) is 0. The van der Waals surface area contributed by atoms with Crippen molar-refractivity contribution < 1.29 is 19.5 Å². The maximum atomic E-state index is 12.2. The molecule has 176 valence electrons. The molecule has 0 aromatic rings. The molecule has 6 nitrogen and oxygen atoms in total. The largest absolute Gasteiger partial charge is 0.480 e. The highest BCUT2D eigenvalue weighted by Gasteiger charge is 2.13. The normalized spacial score (nSPS) is 11.3. The van der Waals surface area contributed by atoms with E-state index in [9.17, 15) is 9.59 Å². The van der Waals surface area contributed by atoms with Crippen LogP contribution in [-0.4, -0.2) is 48.3 Å². The van der Waals surface area contributed by atoms with E-state index in [2.05, 4.69) is 24.4 Å². The third kappa shape index (κ3) is 19.9. The highest BCUT2D eigenvalue weighted by molar-refractivity contribution is 5.75. The molecule has 0 unspecified atom stereocenters. The number of hydrogen-bond donors (Lipinski definition) is 2. The van der Waals surface area contributed by atoms with E-state index in [1.807, 2.05) is 6.92 Å². The fourth-order valence-corrected chi connectivity index (χ4v) is 3.26. The van der Waals surface area contributed by atoms with Crippen molar-refractivity contribution in [1.29, 1.82) is 0 Å². The number of allylic oxidation sites excluding steroid dienone is 2. The molecular weight excluding hydrogens is 380 g/mol. The van der Waals surface area contributed by atoms with Crippen molar-refractivity contribution in [3.05, 3.63) is 12.2 Å². The Morgan fingerprint density at radius 3 is 2.00 bits per heavy atom. The lowest BCUT2D eigenvalue weighted by Crippen LogP contribution is -2.38. The highest BCUT2D eigenvalue weighted by Crippen LogP contribution is 2.10. The Kier molecular flexibility index (Phi) is 21.2. The molecule has 0 rings (SSSR count). The van der Waals surface area contributed by atoms with Crippen LogP contribution in [0.15, 0.2) is 12.2 Å². The quantitative estimate of drug-likeness (QED) is 0.136. The predicted octanol–water partition coefficient (Wildman–Crippen LogP) is 5.48. The first kappa shape index (κ1) is 28.6. The lowest BCUT2D eigenvalue weighted by Gasteiger charge is -2.21. The Morgan fingerprint density at radius 1 is 0.867 bits per heavy atom. The van der Waals surface area contributed by atoms with Gasteiger partial charge >= 0.3 is 5.97 Å². The third-order valence-corrected chi connectivity index (χ3v) is 4.98. The summed E-state index contributed by atoms with van der Waals surface area (Å²) >= 11 is 0. The van der Waals surface area contributed by atoms with Gasteiger partial charge in [-0.2, -0.15) is 0 Å². The molecule has 0 aliphatic carbocycles. The highest BCUT2D eigenvalue weighted by atomic mass is 16.7. The van der Waals surface area contributed by atoms with Crippen molar-refractivity contribution in [1.82, 2.24) is 10.4 Å². The van der Waals surface area contributed by atoms with E-state index in [4.69, 9.17) is 9.94 Å². The van der Waals surface area contributed by atoms with Crippen LogP contribution in [0.4, 0.5) is 0 Å². The lowest BCUT2D eigenvalue weighted by atomic mass is 10.1. The van der Waals surface area contributed by atoms with Crippen LogP contribution in [0.1, 0.15) is 104 Å². The average molecular weight is 427 g/mol. The minimum Gasteiger partial charge on any atom is -0.480 e. The van der Waals surface area contributed by atoms with E-state index >= 15 is 0 Å². The van der Waals surface area contributed by atoms with Gasteiger partial charge in [-0.3, -0.25) is 14.4 Å². The lowest BCUT2D eigenvalue weighted by molar-refractivity contribution is -0.184. The molecule has 0 bridgehead atoms.